The fourth-order valence-corrected chi connectivity index (χ4v) is 3.89. The van der Waals surface area contributed by atoms with Gasteiger partial charge >= 0.3 is 0 Å². The topological polar surface area (TPSA) is 42.2 Å². The molecule has 0 fully saturated rings. The third-order valence-corrected chi connectivity index (χ3v) is 5.22. The number of aryl methyl sites for hydroxylation is 2. The fraction of sp³-hybridized carbons (Fsp3) is 0.0800. The molecular formula is C25H19NO2. The first-order valence-electron chi connectivity index (χ1n) is 9.46. The monoisotopic (exact) mass is 365 g/mol. The standard InChI is InChI=1S/C25H19NO2/c27-24(16-13-20-12-15-23(28-20)17-5-2-1-3-6-17)26-22-14-11-19-10-9-18-7-4-8-21(22)25(18)19/h1-8,11-16H,9-10H2,(H,26,27)/b16-13+. The van der Waals surface area contributed by atoms with Crippen LogP contribution in [-0.2, 0) is 17.6 Å². The predicted octanol–water partition coefficient (Wildman–Crippen LogP) is 5.85. The van der Waals surface area contributed by atoms with Crippen LogP contribution in [0.4, 0.5) is 5.69 Å². The van der Waals surface area contributed by atoms with E-state index in [2.05, 4.69) is 29.6 Å². The second-order valence-electron chi connectivity index (χ2n) is 7.00. The van der Waals surface area contributed by atoms with E-state index in [0.29, 0.717) is 5.76 Å². The number of anilines is 1. The first kappa shape index (κ1) is 16.6. The SMILES string of the molecule is O=C(/C=C/c1ccc(-c2ccccc2)o1)Nc1ccc2c3c(cccc13)CC2. The Morgan fingerprint density at radius 1 is 0.857 bits per heavy atom. The van der Waals surface area contributed by atoms with Gasteiger partial charge in [-0.25, -0.2) is 0 Å². The molecule has 1 aromatic heterocycles. The smallest absolute Gasteiger partial charge is 0.248 e. The average Bonchev–Trinajstić information content (AvgIpc) is 3.38. The van der Waals surface area contributed by atoms with Crippen LogP contribution >= 0.6 is 0 Å². The lowest BCUT2D eigenvalue weighted by atomic mass is 10.0. The summed E-state index contributed by atoms with van der Waals surface area (Å²) in [5.41, 5.74) is 4.59. The van der Waals surface area contributed by atoms with Crippen molar-refractivity contribution in [3.63, 3.8) is 0 Å². The molecule has 4 aromatic rings. The van der Waals surface area contributed by atoms with E-state index in [1.165, 1.54) is 22.6 Å². The van der Waals surface area contributed by atoms with E-state index >= 15 is 0 Å². The normalized spacial score (nSPS) is 12.7. The zero-order chi connectivity index (χ0) is 18.9. The molecule has 0 bridgehead atoms. The van der Waals surface area contributed by atoms with Gasteiger partial charge in [0.1, 0.15) is 11.5 Å². The Labute approximate surface area is 163 Å². The highest BCUT2D eigenvalue weighted by Crippen LogP contribution is 2.35. The van der Waals surface area contributed by atoms with Crippen LogP contribution in [0.2, 0.25) is 0 Å². The molecule has 3 nitrogen and oxygen atoms in total. The molecule has 1 N–H and O–H groups in total. The van der Waals surface area contributed by atoms with Gasteiger partial charge in [-0.1, -0.05) is 54.6 Å². The van der Waals surface area contributed by atoms with Crippen molar-refractivity contribution in [2.24, 2.45) is 0 Å². The molecule has 0 saturated carbocycles. The molecule has 0 atom stereocenters. The Morgan fingerprint density at radius 3 is 2.54 bits per heavy atom. The highest BCUT2D eigenvalue weighted by molar-refractivity contribution is 6.09. The van der Waals surface area contributed by atoms with Gasteiger partial charge in [-0.15, -0.1) is 0 Å². The van der Waals surface area contributed by atoms with Gasteiger partial charge in [-0.2, -0.15) is 0 Å². The summed E-state index contributed by atoms with van der Waals surface area (Å²) in [4.78, 5) is 12.5. The Kier molecular flexibility index (Phi) is 4.06. The van der Waals surface area contributed by atoms with Gasteiger partial charge in [-0.3, -0.25) is 4.79 Å². The van der Waals surface area contributed by atoms with Crippen molar-refractivity contribution in [1.82, 2.24) is 0 Å². The molecular weight excluding hydrogens is 346 g/mol. The molecule has 0 radical (unpaired) electrons. The zero-order valence-corrected chi connectivity index (χ0v) is 15.3. The Morgan fingerprint density at radius 2 is 1.68 bits per heavy atom. The van der Waals surface area contributed by atoms with E-state index in [1.54, 1.807) is 6.08 Å². The summed E-state index contributed by atoms with van der Waals surface area (Å²) >= 11 is 0. The fourth-order valence-electron chi connectivity index (χ4n) is 3.89. The van der Waals surface area contributed by atoms with Crippen LogP contribution in [0.25, 0.3) is 28.2 Å². The van der Waals surface area contributed by atoms with Crippen LogP contribution in [0.15, 0.2) is 83.3 Å². The lowest BCUT2D eigenvalue weighted by molar-refractivity contribution is -0.111. The third kappa shape index (κ3) is 3.01. The van der Waals surface area contributed by atoms with Gasteiger partial charge < -0.3 is 9.73 Å². The molecule has 1 aliphatic carbocycles. The third-order valence-electron chi connectivity index (χ3n) is 5.22. The van der Waals surface area contributed by atoms with Crippen LogP contribution < -0.4 is 5.32 Å². The molecule has 1 heterocycles. The van der Waals surface area contributed by atoms with Gasteiger partial charge in [0.15, 0.2) is 0 Å². The Hall–Kier alpha value is -3.59. The van der Waals surface area contributed by atoms with Crippen molar-refractivity contribution in [2.45, 2.75) is 12.8 Å². The summed E-state index contributed by atoms with van der Waals surface area (Å²) in [6.45, 7) is 0. The molecule has 1 aliphatic rings. The van der Waals surface area contributed by atoms with Crippen LogP contribution in [0.5, 0.6) is 0 Å². The number of rotatable bonds is 4. The highest BCUT2D eigenvalue weighted by atomic mass is 16.3. The summed E-state index contributed by atoms with van der Waals surface area (Å²) in [6.07, 6.45) is 5.36. The number of carbonyl (C=O) groups excluding carboxylic acids is 1. The van der Waals surface area contributed by atoms with Crippen LogP contribution in [-0.4, -0.2) is 5.91 Å². The minimum Gasteiger partial charge on any atom is -0.457 e. The van der Waals surface area contributed by atoms with E-state index in [9.17, 15) is 4.79 Å². The van der Waals surface area contributed by atoms with E-state index < -0.39 is 0 Å². The molecule has 0 unspecified atom stereocenters. The summed E-state index contributed by atoms with van der Waals surface area (Å²) in [7, 11) is 0. The summed E-state index contributed by atoms with van der Waals surface area (Å²) < 4.78 is 5.81. The molecule has 28 heavy (non-hydrogen) atoms. The lowest BCUT2D eigenvalue weighted by Crippen LogP contribution is -2.08. The minimum absolute atomic E-state index is 0.170. The summed E-state index contributed by atoms with van der Waals surface area (Å²) in [5.74, 6) is 1.26. The van der Waals surface area contributed by atoms with E-state index in [1.807, 2.05) is 48.5 Å². The van der Waals surface area contributed by atoms with Crippen molar-refractivity contribution in [3.05, 3.63) is 95.8 Å². The molecule has 3 aromatic carbocycles. The molecule has 5 rings (SSSR count). The number of amides is 1. The predicted molar refractivity (Wildman–Crippen MR) is 113 cm³/mol. The first-order chi connectivity index (χ1) is 13.8. The number of furan rings is 1. The molecule has 136 valence electrons. The number of hydrogen-bond donors (Lipinski definition) is 1. The van der Waals surface area contributed by atoms with Crippen molar-refractivity contribution in [1.29, 1.82) is 0 Å². The van der Waals surface area contributed by atoms with Crippen molar-refractivity contribution >= 4 is 28.4 Å². The van der Waals surface area contributed by atoms with Gasteiger partial charge in [0.05, 0.1) is 0 Å². The summed E-state index contributed by atoms with van der Waals surface area (Å²) in [6, 6.07) is 24.1. The maximum Gasteiger partial charge on any atom is 0.248 e. The van der Waals surface area contributed by atoms with Gasteiger partial charge in [0.2, 0.25) is 5.91 Å². The maximum absolute atomic E-state index is 12.5. The highest BCUT2D eigenvalue weighted by Gasteiger charge is 2.16. The van der Waals surface area contributed by atoms with Crippen LogP contribution in [0.3, 0.4) is 0 Å². The summed E-state index contributed by atoms with van der Waals surface area (Å²) in [5, 5.41) is 5.41. The van der Waals surface area contributed by atoms with E-state index in [0.717, 1.165) is 35.2 Å². The van der Waals surface area contributed by atoms with Crippen molar-refractivity contribution in [3.8, 4) is 11.3 Å². The first-order valence-corrected chi connectivity index (χ1v) is 9.46. The second kappa shape index (κ2) is 6.86. The Balaban J connectivity index is 1.35. The largest absolute Gasteiger partial charge is 0.457 e. The molecule has 1 amide bonds. The minimum atomic E-state index is -0.170. The molecule has 3 heteroatoms. The number of benzene rings is 3. The molecule has 0 aliphatic heterocycles. The quantitative estimate of drug-likeness (QED) is 0.461. The van der Waals surface area contributed by atoms with Crippen molar-refractivity contribution < 1.29 is 9.21 Å². The average molecular weight is 365 g/mol. The number of nitrogens with one attached hydrogen (secondary N) is 1. The molecule has 0 spiro atoms. The molecule has 0 saturated heterocycles. The lowest BCUT2D eigenvalue weighted by Gasteiger charge is -2.09. The van der Waals surface area contributed by atoms with Gasteiger partial charge in [0, 0.05) is 22.7 Å². The number of carbonyl (C=O) groups is 1. The van der Waals surface area contributed by atoms with Crippen molar-refractivity contribution in [2.75, 3.05) is 5.32 Å². The van der Waals surface area contributed by atoms with E-state index in [4.69, 9.17) is 4.42 Å². The van der Waals surface area contributed by atoms with Crippen LogP contribution in [0.1, 0.15) is 16.9 Å². The zero-order valence-electron chi connectivity index (χ0n) is 15.3. The van der Waals surface area contributed by atoms with Gasteiger partial charge in [-0.05, 0) is 53.6 Å². The van der Waals surface area contributed by atoms with E-state index in [-0.39, 0.29) is 5.91 Å². The maximum atomic E-state index is 12.5. The van der Waals surface area contributed by atoms with Gasteiger partial charge in [0.25, 0.3) is 0 Å². The number of hydrogen-bond acceptors (Lipinski definition) is 2. The van der Waals surface area contributed by atoms with Crippen LogP contribution in [0, 0.1) is 0 Å². The second-order valence-corrected chi connectivity index (χ2v) is 7.00. The Bertz CT molecular complexity index is 1190.